The molecule has 0 aromatic heterocycles. The molecule has 5 aromatic carbocycles. The summed E-state index contributed by atoms with van der Waals surface area (Å²) in [6, 6.07) is 49.4. The van der Waals surface area contributed by atoms with Gasteiger partial charge in [-0.1, -0.05) is 186 Å². The maximum absolute atomic E-state index is 12.0. The Hall–Kier alpha value is -5.99. The van der Waals surface area contributed by atoms with E-state index in [1.54, 1.807) is 4.90 Å². The molecule has 12 N–H and O–H groups in total. The first kappa shape index (κ1) is 103. The number of morpholine rings is 2. The highest BCUT2D eigenvalue weighted by atomic mass is 35.5. The molecule has 0 aliphatic carbocycles. The van der Waals surface area contributed by atoms with E-state index < -0.39 is 35.7 Å². The van der Waals surface area contributed by atoms with Crippen molar-refractivity contribution in [3.63, 3.8) is 0 Å². The van der Waals surface area contributed by atoms with Crippen LogP contribution in [-0.2, 0) is 80.3 Å². The van der Waals surface area contributed by atoms with Crippen LogP contribution in [0.2, 0.25) is 0 Å². The summed E-state index contributed by atoms with van der Waals surface area (Å²) in [5.41, 5.74) is 10.5. The SMILES string of the molecule is CC[C@@H](NCc1ccccc1)C(=O)OC.CC[C@@H]1CO[C@H](CO)CN1C(=O)OC(C)(C)C.CC[C@@H]1CO[C@H](CO)CN1Cc1ccccc1.CC[C@H](CO)N(Cc1ccccc1)C[C@@H](O)CCl.CC[C@H](CO)NCc1ccccc1.COC(=O)[C@@H](CO)NCc1ccccc1.COC(=O)[C@H](N)CO.Cl.ClC[C@H]1CO1. The number of nitrogens with zero attached hydrogens (tertiary/aromatic N) is 3. The third kappa shape index (κ3) is 47.2. The van der Waals surface area contributed by atoms with Gasteiger partial charge in [-0.2, -0.15) is 0 Å². The van der Waals surface area contributed by atoms with Crippen molar-refractivity contribution < 1.29 is 88.1 Å². The van der Waals surface area contributed by atoms with Crippen molar-refractivity contribution >= 4 is 59.6 Å². The molecule has 0 unspecified atom stereocenters. The van der Waals surface area contributed by atoms with Crippen molar-refractivity contribution in [3.8, 4) is 0 Å². The molecule has 3 saturated heterocycles. The number of methoxy groups -OCH3 is 3. The Morgan fingerprint density at radius 3 is 1.32 bits per heavy atom. The van der Waals surface area contributed by atoms with Crippen LogP contribution in [-0.4, -0.2) is 259 Å². The van der Waals surface area contributed by atoms with E-state index in [0.717, 1.165) is 70.5 Å². The number of rotatable bonds is 32. The molecule has 11 atom stereocenters. The summed E-state index contributed by atoms with van der Waals surface area (Å²) < 4.78 is 34.5. The van der Waals surface area contributed by atoms with Crippen LogP contribution in [0.5, 0.6) is 0 Å². The van der Waals surface area contributed by atoms with Gasteiger partial charge in [-0.25, -0.2) is 4.79 Å². The van der Waals surface area contributed by atoms with Crippen LogP contribution >= 0.6 is 35.6 Å². The fourth-order valence-electron chi connectivity index (χ4n) is 10.2. The Kier molecular flexibility index (Phi) is 60.0. The van der Waals surface area contributed by atoms with Crippen LogP contribution in [0.25, 0.3) is 0 Å². The van der Waals surface area contributed by atoms with Crippen LogP contribution in [0.15, 0.2) is 152 Å². The monoisotopic (exact) mass is 1590 g/mol. The zero-order valence-electron chi connectivity index (χ0n) is 66.0. The molecule has 109 heavy (non-hydrogen) atoms. The molecule has 0 saturated carbocycles. The van der Waals surface area contributed by atoms with E-state index >= 15 is 0 Å². The Labute approximate surface area is 664 Å². The summed E-state index contributed by atoms with van der Waals surface area (Å²) in [7, 11) is 3.93. The number of halogens is 3. The van der Waals surface area contributed by atoms with E-state index in [2.05, 4.69) is 85.5 Å². The fraction of sp³-hybridized carbons (Fsp3) is 0.580. The number of aliphatic hydroxyl groups excluding tert-OH is 7. The minimum atomic E-state index is -0.889. The number of hydrogen-bond donors (Lipinski definition) is 11. The van der Waals surface area contributed by atoms with Gasteiger partial charge >= 0.3 is 24.0 Å². The molecule has 0 spiro atoms. The van der Waals surface area contributed by atoms with Gasteiger partial charge < -0.3 is 90.2 Å². The van der Waals surface area contributed by atoms with Gasteiger partial charge in [0.05, 0.1) is 124 Å². The minimum Gasteiger partial charge on any atom is -0.468 e. The van der Waals surface area contributed by atoms with Gasteiger partial charge in [-0.15, -0.1) is 35.6 Å². The number of aliphatic hydroxyl groups is 7. The Morgan fingerprint density at radius 2 is 0.972 bits per heavy atom. The van der Waals surface area contributed by atoms with E-state index in [9.17, 15) is 34.5 Å². The van der Waals surface area contributed by atoms with Crippen LogP contribution in [0.3, 0.4) is 0 Å². The van der Waals surface area contributed by atoms with Gasteiger partial charge in [0.2, 0.25) is 0 Å². The van der Waals surface area contributed by atoms with E-state index in [1.807, 2.05) is 157 Å². The molecule has 1 amide bonds. The Morgan fingerprint density at radius 1 is 0.541 bits per heavy atom. The molecule has 0 radical (unpaired) electrons. The van der Waals surface area contributed by atoms with Gasteiger partial charge in [-0.05, 0) is 80.7 Å². The molecule has 28 heteroatoms. The van der Waals surface area contributed by atoms with Crippen molar-refractivity contribution in [3.05, 3.63) is 179 Å². The molecule has 3 fully saturated rings. The number of esters is 3. The number of nitrogens with one attached hydrogen (secondary N) is 3. The molecule has 3 aliphatic rings. The lowest BCUT2D eigenvalue weighted by atomic mass is 10.1. The Balaban J connectivity index is 0.00000124. The number of benzene rings is 5. The van der Waals surface area contributed by atoms with Gasteiger partial charge in [0, 0.05) is 69.8 Å². The Bertz CT molecular complexity index is 2930. The second-order valence-corrected chi connectivity index (χ2v) is 27.1. The van der Waals surface area contributed by atoms with Gasteiger partial charge in [0.15, 0.2) is 0 Å². The topological polar surface area (TPSA) is 350 Å². The van der Waals surface area contributed by atoms with Crippen LogP contribution < -0.4 is 21.7 Å². The summed E-state index contributed by atoms with van der Waals surface area (Å²) in [5.74, 6) is -0.359. The highest BCUT2D eigenvalue weighted by Crippen LogP contribution is 2.21. The first-order chi connectivity index (χ1) is 52.0. The van der Waals surface area contributed by atoms with Gasteiger partial charge in [0.25, 0.3) is 0 Å². The largest absolute Gasteiger partial charge is 0.468 e. The van der Waals surface area contributed by atoms with Crippen molar-refractivity contribution in [2.75, 3.05) is 112 Å². The zero-order valence-corrected chi connectivity index (χ0v) is 68.3. The smallest absolute Gasteiger partial charge is 0.410 e. The molecule has 8 rings (SSSR count). The third-order valence-electron chi connectivity index (χ3n) is 16.9. The number of ether oxygens (including phenoxy) is 7. The van der Waals surface area contributed by atoms with E-state index in [1.165, 1.54) is 43.6 Å². The quantitative estimate of drug-likeness (QED) is 0.00840. The molecule has 5 aromatic rings. The van der Waals surface area contributed by atoms with Gasteiger partial charge in [-0.3, -0.25) is 29.5 Å². The number of carbonyl (C=O) groups is 4. The zero-order chi connectivity index (χ0) is 80.5. The van der Waals surface area contributed by atoms with E-state index in [4.69, 9.17) is 73.0 Å². The molecule has 618 valence electrons. The number of nitrogens with two attached hydrogens (primary N) is 1. The molecule has 0 bridgehead atoms. The third-order valence-corrected chi connectivity index (χ3v) is 17.6. The van der Waals surface area contributed by atoms with Crippen LogP contribution in [0.4, 0.5) is 4.79 Å². The number of hydrogen-bond acceptors (Lipinski definition) is 24. The summed E-state index contributed by atoms with van der Waals surface area (Å²) in [6.07, 6.45) is 3.63. The molecular weight excluding hydrogens is 1470 g/mol. The maximum Gasteiger partial charge on any atom is 0.410 e. The number of alkyl halides is 2. The highest BCUT2D eigenvalue weighted by molar-refractivity contribution is 6.18. The number of epoxide rings is 1. The molecule has 3 aliphatic heterocycles. The second-order valence-electron chi connectivity index (χ2n) is 26.5. The maximum atomic E-state index is 12.0. The predicted molar refractivity (Wildman–Crippen MR) is 431 cm³/mol. The minimum absolute atomic E-state index is 0. The van der Waals surface area contributed by atoms with Gasteiger partial charge in [0.1, 0.15) is 23.7 Å². The van der Waals surface area contributed by atoms with Crippen LogP contribution in [0, 0.1) is 0 Å². The second kappa shape index (κ2) is 63.5. The van der Waals surface area contributed by atoms with E-state index in [-0.39, 0.29) is 106 Å². The number of amides is 1. The summed E-state index contributed by atoms with van der Waals surface area (Å²) in [5, 5.41) is 72.8. The molecule has 25 nitrogen and oxygen atoms in total. The first-order valence-corrected chi connectivity index (χ1v) is 38.2. The fourth-order valence-corrected chi connectivity index (χ4v) is 10.5. The lowest BCUT2D eigenvalue weighted by Gasteiger charge is -2.39. The van der Waals surface area contributed by atoms with Crippen molar-refractivity contribution in [2.45, 2.75) is 193 Å². The first-order valence-electron chi connectivity index (χ1n) is 37.1. The summed E-state index contributed by atoms with van der Waals surface area (Å²) >= 11 is 10.9. The normalized spacial score (nSPS) is 17.9. The summed E-state index contributed by atoms with van der Waals surface area (Å²) in [6.45, 7) is 23.0. The standard InChI is InChI=1S/C14H22ClNO2.C14H21NO2.C12H23NO4.C12H17NO2.C11H15NO3.C11H17NO.C4H9NO3.C3H5ClO.ClH/c1-2-13(11-17)16(10-14(18)8-15)9-12-6-4-3-5-7-12;1-2-13-11-17-14(10-16)9-15(13)8-12-6-4-3-5-7-12;1-5-9-8-16-10(7-14)6-13(9)11(15)17-12(2,3)4;1-3-11(12(14)15-2)13-9-10-7-5-4-6-8-10;1-15-11(14)10(8-13)12-7-9-5-3-2-4-6-9;1-2-11(9-13)12-8-10-6-4-3-5-7-10;1-8-4(7)3(5)2-6;4-1-3-2-5-3;/h3-7,13-14,17-18H,2,8-11H2,1H3;3-7,13-14,16H,2,8-11H2,1H3;9-10,14H,5-8H2,1-4H3;4-8,11,13H,3,9H2,1-2H3;2-6,10,12-13H,7-8H2,1H3;3-7,11-13H,2,8-9H2,1H3;3,6H,2,5H2,1H3;3H,1-2H2;1H/t2*13-,14+;9-,10+;11-;10-;11-;2*3-;/m11111110./s1. The average Bonchev–Trinajstić information content (AvgIpc) is 1.49. The average molecular weight is 1600 g/mol. The lowest BCUT2D eigenvalue weighted by Crippen LogP contribution is -2.54. The van der Waals surface area contributed by atoms with Crippen LogP contribution in [0.1, 0.15) is 115 Å². The van der Waals surface area contributed by atoms with Crippen molar-refractivity contribution in [1.82, 2.24) is 30.7 Å². The number of carbonyl (C=O) groups excluding carboxylic acids is 4. The lowest BCUT2D eigenvalue weighted by molar-refractivity contribution is -0.144. The molecular formula is C81H130Cl3N7O18. The van der Waals surface area contributed by atoms with Crippen molar-refractivity contribution in [1.29, 1.82) is 0 Å². The predicted octanol–water partition coefficient (Wildman–Crippen LogP) is 8.02. The van der Waals surface area contributed by atoms with Crippen molar-refractivity contribution in [2.24, 2.45) is 5.73 Å². The summed E-state index contributed by atoms with van der Waals surface area (Å²) in [4.78, 5) is 50.8. The van der Waals surface area contributed by atoms with E-state index in [0.29, 0.717) is 57.4 Å². The molecule has 3 heterocycles. The highest BCUT2D eigenvalue weighted by Gasteiger charge is 2.34.